The minimum atomic E-state index is -3.15. The van der Waals surface area contributed by atoms with E-state index < -0.39 is 42.4 Å². The summed E-state index contributed by atoms with van der Waals surface area (Å²) < 4.78 is 44.2. The van der Waals surface area contributed by atoms with Gasteiger partial charge >= 0.3 is 6.09 Å². The van der Waals surface area contributed by atoms with Crippen LogP contribution in [0, 0.1) is 5.82 Å². The molecule has 3 saturated heterocycles. The second kappa shape index (κ2) is 9.32. The highest BCUT2D eigenvalue weighted by Gasteiger charge is 2.49. The summed E-state index contributed by atoms with van der Waals surface area (Å²) in [6.07, 6.45) is -0.720. The summed E-state index contributed by atoms with van der Waals surface area (Å²) in [5.74, 6) is -4.36. The number of hydrogen-bond donors (Lipinski definition) is 2. The van der Waals surface area contributed by atoms with Crippen molar-refractivity contribution in [1.82, 2.24) is 15.1 Å². The molecule has 9 nitrogen and oxygen atoms in total. The van der Waals surface area contributed by atoms with Gasteiger partial charge in [-0.2, -0.15) is 0 Å². The van der Waals surface area contributed by atoms with E-state index >= 15 is 0 Å². The van der Waals surface area contributed by atoms with E-state index in [1.54, 1.807) is 33.9 Å². The fraction of sp³-hybridized carbons (Fsp3) is 0.591. The SMILES string of the molecule is CN(c1ccc(N2CCN(C3CCN(C(=O)O)CC3(F)F)CC2)c(F)c1)C1CCC(=O)NC1=O. The summed E-state index contributed by atoms with van der Waals surface area (Å²) >= 11 is 0. The molecule has 2 N–H and O–H groups in total. The van der Waals surface area contributed by atoms with Crippen LogP contribution in [0.3, 0.4) is 0 Å². The Morgan fingerprint density at radius 1 is 1.15 bits per heavy atom. The molecule has 0 aliphatic carbocycles. The number of piperazine rings is 1. The summed E-state index contributed by atoms with van der Waals surface area (Å²) in [6, 6.07) is 3.04. The van der Waals surface area contributed by atoms with Gasteiger partial charge < -0.3 is 19.8 Å². The van der Waals surface area contributed by atoms with Gasteiger partial charge in [0.05, 0.1) is 18.3 Å². The van der Waals surface area contributed by atoms with E-state index in [9.17, 15) is 27.6 Å². The highest BCUT2D eigenvalue weighted by atomic mass is 19.3. The fourth-order valence-electron chi connectivity index (χ4n) is 5.02. The van der Waals surface area contributed by atoms with Gasteiger partial charge in [0, 0.05) is 51.9 Å². The summed E-state index contributed by atoms with van der Waals surface area (Å²) in [5, 5.41) is 11.3. The van der Waals surface area contributed by atoms with E-state index in [0.717, 1.165) is 4.90 Å². The molecule has 0 saturated carbocycles. The number of rotatable bonds is 4. The zero-order valence-corrected chi connectivity index (χ0v) is 18.8. The Hall–Kier alpha value is -3.02. The van der Waals surface area contributed by atoms with Gasteiger partial charge in [-0.15, -0.1) is 0 Å². The normalized spacial score (nSPS) is 25.8. The molecule has 2 atom stereocenters. The number of nitrogens with zero attached hydrogens (tertiary/aromatic N) is 4. The van der Waals surface area contributed by atoms with Crippen molar-refractivity contribution in [3.05, 3.63) is 24.0 Å². The molecule has 3 aliphatic heterocycles. The molecule has 0 bridgehead atoms. The molecule has 0 spiro atoms. The number of amides is 3. The van der Waals surface area contributed by atoms with E-state index in [4.69, 9.17) is 5.11 Å². The lowest BCUT2D eigenvalue weighted by Gasteiger charge is -2.46. The van der Waals surface area contributed by atoms with Crippen molar-refractivity contribution in [3.63, 3.8) is 0 Å². The number of nitrogens with one attached hydrogen (secondary N) is 1. The third-order valence-electron chi connectivity index (χ3n) is 6.94. The quantitative estimate of drug-likeness (QED) is 0.628. The summed E-state index contributed by atoms with van der Waals surface area (Å²) in [4.78, 5) is 40.4. The molecule has 186 valence electrons. The highest BCUT2D eigenvalue weighted by molar-refractivity contribution is 6.01. The number of carbonyl (C=O) groups excluding carboxylic acids is 2. The molecule has 1 aromatic carbocycles. The average Bonchev–Trinajstić information content (AvgIpc) is 2.78. The number of hydrogen-bond acceptors (Lipinski definition) is 6. The van der Waals surface area contributed by atoms with Gasteiger partial charge in [0.2, 0.25) is 11.8 Å². The fourth-order valence-corrected chi connectivity index (χ4v) is 5.02. The Kier molecular flexibility index (Phi) is 6.61. The lowest BCUT2D eigenvalue weighted by atomic mass is 9.98. The van der Waals surface area contributed by atoms with Crippen LogP contribution < -0.4 is 15.1 Å². The number of benzene rings is 1. The number of imide groups is 1. The van der Waals surface area contributed by atoms with Crippen molar-refractivity contribution in [2.75, 3.05) is 56.1 Å². The average molecular weight is 483 g/mol. The van der Waals surface area contributed by atoms with E-state index in [0.29, 0.717) is 44.0 Å². The van der Waals surface area contributed by atoms with Crippen LogP contribution in [0.2, 0.25) is 0 Å². The van der Waals surface area contributed by atoms with E-state index in [2.05, 4.69) is 5.32 Å². The van der Waals surface area contributed by atoms with E-state index in [-0.39, 0.29) is 25.3 Å². The Morgan fingerprint density at radius 3 is 2.44 bits per heavy atom. The second-order valence-corrected chi connectivity index (χ2v) is 9.01. The lowest BCUT2D eigenvalue weighted by molar-refractivity contribution is -0.134. The molecule has 1 aromatic rings. The molecule has 3 aliphatic rings. The van der Waals surface area contributed by atoms with E-state index in [1.165, 1.54) is 6.07 Å². The van der Waals surface area contributed by atoms with Gasteiger partial charge in [0.15, 0.2) is 0 Å². The number of likely N-dealkylation sites (tertiary alicyclic amines) is 1. The van der Waals surface area contributed by atoms with Crippen molar-refractivity contribution in [2.24, 2.45) is 0 Å². The predicted octanol–water partition coefficient (Wildman–Crippen LogP) is 1.58. The van der Waals surface area contributed by atoms with Crippen LogP contribution in [0.25, 0.3) is 0 Å². The Labute approximate surface area is 195 Å². The van der Waals surface area contributed by atoms with Crippen LogP contribution in [0.4, 0.5) is 29.3 Å². The maximum atomic E-state index is 15.0. The van der Waals surface area contributed by atoms with Crippen LogP contribution in [-0.4, -0.2) is 97.1 Å². The Balaban J connectivity index is 1.38. The first-order valence-electron chi connectivity index (χ1n) is 11.3. The third-order valence-corrected chi connectivity index (χ3v) is 6.94. The predicted molar refractivity (Wildman–Crippen MR) is 118 cm³/mol. The Morgan fingerprint density at radius 2 is 1.85 bits per heavy atom. The maximum absolute atomic E-state index is 15.0. The van der Waals surface area contributed by atoms with Crippen LogP contribution in [-0.2, 0) is 9.59 Å². The first kappa shape index (κ1) is 24.1. The molecule has 3 amide bonds. The number of anilines is 2. The molecule has 34 heavy (non-hydrogen) atoms. The van der Waals surface area contributed by atoms with Gasteiger partial charge in [0.1, 0.15) is 11.9 Å². The first-order chi connectivity index (χ1) is 16.1. The number of carboxylic acid groups (broad SMARTS) is 1. The molecular weight excluding hydrogens is 455 g/mol. The zero-order chi connectivity index (χ0) is 24.6. The van der Waals surface area contributed by atoms with Crippen LogP contribution >= 0.6 is 0 Å². The minimum Gasteiger partial charge on any atom is -0.465 e. The van der Waals surface area contributed by atoms with Gasteiger partial charge in [0.25, 0.3) is 5.92 Å². The number of piperidine rings is 2. The standard InChI is InChI=1S/C22H28F3N5O4/c1-27(17-4-5-19(31)26-20(17)32)14-2-3-16(15(23)12-14)28-8-10-29(11-9-28)18-6-7-30(21(33)34)13-22(18,24)25/h2-3,12,17-18H,4-11,13H2,1H3,(H,33,34)(H,26,31,32). The molecule has 12 heteroatoms. The Bertz CT molecular complexity index is 970. The lowest BCUT2D eigenvalue weighted by Crippen LogP contribution is -2.62. The maximum Gasteiger partial charge on any atom is 0.407 e. The smallest absolute Gasteiger partial charge is 0.407 e. The van der Waals surface area contributed by atoms with Crippen molar-refractivity contribution in [2.45, 2.75) is 37.3 Å². The number of carbonyl (C=O) groups is 3. The van der Waals surface area contributed by atoms with Gasteiger partial charge in [-0.3, -0.25) is 19.8 Å². The number of likely N-dealkylation sites (N-methyl/N-ethyl adjacent to an activating group) is 1. The molecule has 3 heterocycles. The monoisotopic (exact) mass is 483 g/mol. The summed E-state index contributed by atoms with van der Waals surface area (Å²) in [7, 11) is 1.67. The molecular formula is C22H28F3N5O4. The summed E-state index contributed by atoms with van der Waals surface area (Å²) in [6.45, 7) is 0.578. The zero-order valence-electron chi connectivity index (χ0n) is 18.8. The van der Waals surface area contributed by atoms with Crippen molar-refractivity contribution in [1.29, 1.82) is 0 Å². The van der Waals surface area contributed by atoms with Crippen LogP contribution in [0.15, 0.2) is 18.2 Å². The minimum absolute atomic E-state index is 0.0506. The highest BCUT2D eigenvalue weighted by Crippen LogP contribution is 2.33. The van der Waals surface area contributed by atoms with Gasteiger partial charge in [-0.25, -0.2) is 18.0 Å². The number of alkyl halides is 2. The molecule has 0 aromatic heterocycles. The first-order valence-corrected chi connectivity index (χ1v) is 11.3. The number of halogens is 3. The van der Waals surface area contributed by atoms with Crippen molar-refractivity contribution >= 4 is 29.3 Å². The molecule has 3 fully saturated rings. The second-order valence-electron chi connectivity index (χ2n) is 9.01. The summed E-state index contributed by atoms with van der Waals surface area (Å²) in [5.41, 5.74) is 0.853. The van der Waals surface area contributed by atoms with Crippen molar-refractivity contribution in [3.8, 4) is 0 Å². The molecule has 0 radical (unpaired) electrons. The topological polar surface area (TPSA) is 96.4 Å². The van der Waals surface area contributed by atoms with Crippen LogP contribution in [0.5, 0.6) is 0 Å². The molecule has 4 rings (SSSR count). The van der Waals surface area contributed by atoms with Gasteiger partial charge in [-0.1, -0.05) is 0 Å². The van der Waals surface area contributed by atoms with Crippen LogP contribution in [0.1, 0.15) is 19.3 Å². The van der Waals surface area contributed by atoms with Crippen molar-refractivity contribution < 1.29 is 32.7 Å². The van der Waals surface area contributed by atoms with E-state index in [1.807, 2.05) is 0 Å². The molecule has 2 unspecified atom stereocenters. The van der Waals surface area contributed by atoms with Gasteiger partial charge in [-0.05, 0) is 31.0 Å². The third kappa shape index (κ3) is 4.77. The largest absolute Gasteiger partial charge is 0.465 e.